The number of hydrogen-bond acceptors (Lipinski definition) is 7. The van der Waals surface area contributed by atoms with Gasteiger partial charge in [-0.25, -0.2) is 0 Å². The minimum atomic E-state index is -0.213. The number of rotatable bonds is 6. The zero-order valence-electron chi connectivity index (χ0n) is 18.2. The van der Waals surface area contributed by atoms with Crippen LogP contribution in [0.2, 0.25) is 0 Å². The summed E-state index contributed by atoms with van der Waals surface area (Å²) in [5, 5.41) is 5.89. The Morgan fingerprint density at radius 2 is 1.70 bits per heavy atom. The summed E-state index contributed by atoms with van der Waals surface area (Å²) in [5.41, 5.74) is 0.697. The van der Waals surface area contributed by atoms with Gasteiger partial charge in [0.25, 0.3) is 0 Å². The number of amides is 2. The van der Waals surface area contributed by atoms with Crippen molar-refractivity contribution in [3.05, 3.63) is 42.5 Å². The summed E-state index contributed by atoms with van der Waals surface area (Å²) in [4.78, 5) is 27.1. The molecule has 9 nitrogen and oxygen atoms in total. The molecule has 3 aliphatic heterocycles. The van der Waals surface area contributed by atoms with Gasteiger partial charge in [0.2, 0.25) is 18.6 Å². The smallest absolute Gasteiger partial charge is 0.234 e. The van der Waals surface area contributed by atoms with Crippen LogP contribution in [0.5, 0.6) is 23.0 Å². The number of ether oxygens (including phenoxy) is 4. The second-order valence-electron chi connectivity index (χ2n) is 8.41. The Balaban J connectivity index is 1.02. The molecule has 2 amide bonds. The van der Waals surface area contributed by atoms with E-state index in [1.54, 1.807) is 12.1 Å². The number of nitrogens with zero attached hydrogens (tertiary/aromatic N) is 1. The number of para-hydroxylation sites is 2. The molecule has 33 heavy (non-hydrogen) atoms. The van der Waals surface area contributed by atoms with Crippen LogP contribution in [0.3, 0.4) is 0 Å². The maximum absolute atomic E-state index is 12.7. The maximum Gasteiger partial charge on any atom is 0.234 e. The van der Waals surface area contributed by atoms with Gasteiger partial charge in [-0.1, -0.05) is 12.1 Å². The van der Waals surface area contributed by atoms with E-state index in [9.17, 15) is 9.59 Å². The number of likely N-dealkylation sites (tertiary alicyclic amines) is 1. The normalized spacial score (nSPS) is 19.7. The molecule has 0 unspecified atom stereocenters. The van der Waals surface area contributed by atoms with Gasteiger partial charge in [0.15, 0.2) is 23.0 Å². The number of hydrogen-bond donors (Lipinski definition) is 2. The van der Waals surface area contributed by atoms with Crippen LogP contribution < -0.4 is 29.6 Å². The first kappa shape index (κ1) is 21.4. The molecule has 0 radical (unpaired) electrons. The van der Waals surface area contributed by atoms with Crippen molar-refractivity contribution in [3.8, 4) is 23.0 Å². The van der Waals surface area contributed by atoms with Gasteiger partial charge in [0.1, 0.15) is 12.7 Å². The first-order valence-corrected chi connectivity index (χ1v) is 11.2. The first-order chi connectivity index (χ1) is 16.1. The van der Waals surface area contributed by atoms with E-state index >= 15 is 0 Å². The molecular weight excluding hydrogens is 426 g/mol. The van der Waals surface area contributed by atoms with Gasteiger partial charge < -0.3 is 29.6 Å². The van der Waals surface area contributed by atoms with Crippen LogP contribution in [-0.2, 0) is 9.59 Å². The second kappa shape index (κ2) is 9.58. The van der Waals surface area contributed by atoms with Crippen LogP contribution in [0.1, 0.15) is 12.8 Å². The number of carbonyl (C=O) groups is 2. The van der Waals surface area contributed by atoms with Crippen molar-refractivity contribution < 1.29 is 28.5 Å². The molecule has 1 saturated heterocycles. The molecule has 3 aliphatic rings. The minimum Gasteiger partial charge on any atom is -0.486 e. The fraction of sp³-hybridized carbons (Fsp3) is 0.417. The Bertz CT molecular complexity index is 1020. The van der Waals surface area contributed by atoms with Gasteiger partial charge in [-0.2, -0.15) is 0 Å². The lowest BCUT2D eigenvalue weighted by Gasteiger charge is -2.31. The van der Waals surface area contributed by atoms with Gasteiger partial charge in [-0.15, -0.1) is 0 Å². The predicted octanol–water partition coefficient (Wildman–Crippen LogP) is 2.02. The average Bonchev–Trinajstić information content (AvgIpc) is 3.31. The highest BCUT2D eigenvalue weighted by Gasteiger charge is 2.27. The van der Waals surface area contributed by atoms with Crippen LogP contribution in [0.15, 0.2) is 42.5 Å². The van der Waals surface area contributed by atoms with Gasteiger partial charge in [0, 0.05) is 17.7 Å². The monoisotopic (exact) mass is 453 g/mol. The highest BCUT2D eigenvalue weighted by atomic mass is 16.7. The summed E-state index contributed by atoms with van der Waals surface area (Å²) >= 11 is 0. The average molecular weight is 453 g/mol. The van der Waals surface area contributed by atoms with Crippen molar-refractivity contribution in [2.45, 2.75) is 18.9 Å². The molecule has 2 aromatic rings. The van der Waals surface area contributed by atoms with Gasteiger partial charge in [-0.3, -0.25) is 14.5 Å². The number of nitrogens with one attached hydrogen (secondary N) is 2. The quantitative estimate of drug-likeness (QED) is 0.691. The molecule has 2 N–H and O–H groups in total. The van der Waals surface area contributed by atoms with Gasteiger partial charge in [-0.05, 0) is 50.2 Å². The van der Waals surface area contributed by atoms with Crippen LogP contribution in [-0.4, -0.2) is 62.4 Å². The summed E-state index contributed by atoms with van der Waals surface area (Å²) in [6.45, 7) is 2.70. The molecule has 0 spiro atoms. The third-order valence-electron chi connectivity index (χ3n) is 6.06. The molecule has 0 aromatic heterocycles. The zero-order chi connectivity index (χ0) is 22.6. The highest BCUT2D eigenvalue weighted by molar-refractivity contribution is 5.93. The molecule has 0 saturated carbocycles. The molecule has 0 bridgehead atoms. The molecule has 2 aromatic carbocycles. The SMILES string of the molecule is O=C(CN1CCC(C(=O)Nc2ccc3c(c2)OCO3)CC1)NC[C@@H]1COc2ccccc2O1. The highest BCUT2D eigenvalue weighted by Crippen LogP contribution is 2.34. The summed E-state index contributed by atoms with van der Waals surface area (Å²) in [5.74, 6) is 2.61. The topological polar surface area (TPSA) is 98.4 Å². The van der Waals surface area contributed by atoms with Crippen molar-refractivity contribution in [3.63, 3.8) is 0 Å². The van der Waals surface area contributed by atoms with Gasteiger partial charge >= 0.3 is 0 Å². The Hall–Kier alpha value is -3.46. The van der Waals surface area contributed by atoms with E-state index < -0.39 is 0 Å². The van der Waals surface area contributed by atoms with E-state index in [1.807, 2.05) is 30.3 Å². The van der Waals surface area contributed by atoms with Crippen molar-refractivity contribution in [2.24, 2.45) is 5.92 Å². The van der Waals surface area contributed by atoms with Crippen LogP contribution in [0, 0.1) is 5.92 Å². The maximum atomic E-state index is 12.7. The van der Waals surface area contributed by atoms with Crippen LogP contribution >= 0.6 is 0 Å². The molecule has 1 atom stereocenters. The molecule has 3 heterocycles. The number of fused-ring (bicyclic) bond motifs is 2. The van der Waals surface area contributed by atoms with Gasteiger partial charge in [0.05, 0.1) is 13.1 Å². The summed E-state index contributed by atoms with van der Waals surface area (Å²) in [6, 6.07) is 12.9. The van der Waals surface area contributed by atoms with Crippen molar-refractivity contribution in [1.29, 1.82) is 0 Å². The summed E-state index contributed by atoms with van der Waals surface area (Å²) < 4.78 is 22.2. The first-order valence-electron chi connectivity index (χ1n) is 11.2. The molecule has 9 heteroatoms. The number of benzene rings is 2. The third kappa shape index (κ3) is 5.14. The van der Waals surface area contributed by atoms with E-state index in [0.29, 0.717) is 68.6 Å². The summed E-state index contributed by atoms with van der Waals surface area (Å²) in [6.07, 6.45) is 1.20. The van der Waals surface area contributed by atoms with E-state index in [2.05, 4.69) is 15.5 Å². The Labute approximate surface area is 191 Å². The van der Waals surface area contributed by atoms with Crippen LogP contribution in [0.4, 0.5) is 5.69 Å². The van der Waals surface area contributed by atoms with E-state index in [4.69, 9.17) is 18.9 Å². The number of carbonyl (C=O) groups excluding carboxylic acids is 2. The predicted molar refractivity (Wildman–Crippen MR) is 120 cm³/mol. The lowest BCUT2D eigenvalue weighted by molar-refractivity contribution is -0.123. The van der Waals surface area contributed by atoms with E-state index in [0.717, 1.165) is 5.75 Å². The van der Waals surface area contributed by atoms with Crippen molar-refractivity contribution in [2.75, 3.05) is 44.9 Å². The summed E-state index contributed by atoms with van der Waals surface area (Å²) in [7, 11) is 0. The molecule has 5 rings (SSSR count). The fourth-order valence-corrected chi connectivity index (χ4v) is 4.22. The zero-order valence-corrected chi connectivity index (χ0v) is 18.2. The van der Waals surface area contributed by atoms with E-state index in [-0.39, 0.29) is 30.6 Å². The third-order valence-corrected chi connectivity index (χ3v) is 6.06. The lowest BCUT2D eigenvalue weighted by Crippen LogP contribution is -2.46. The molecule has 1 fully saturated rings. The number of anilines is 1. The second-order valence-corrected chi connectivity index (χ2v) is 8.41. The molecule has 174 valence electrons. The Kier molecular flexibility index (Phi) is 6.21. The standard InChI is InChI=1S/C24H27N3O6/c28-23(25-12-18-14-30-19-3-1-2-4-21(19)33-18)13-27-9-7-16(8-10-27)24(29)26-17-5-6-20-22(11-17)32-15-31-20/h1-6,11,16,18H,7-10,12-15H2,(H,25,28)(H,26,29)/t18-/m1/s1. The Morgan fingerprint density at radius 1 is 0.939 bits per heavy atom. The molecular formula is C24H27N3O6. The molecule has 0 aliphatic carbocycles. The lowest BCUT2D eigenvalue weighted by atomic mass is 9.95. The largest absolute Gasteiger partial charge is 0.486 e. The Morgan fingerprint density at radius 3 is 2.55 bits per heavy atom. The van der Waals surface area contributed by atoms with E-state index in [1.165, 1.54) is 0 Å². The minimum absolute atomic E-state index is 0.00676. The van der Waals surface area contributed by atoms with Crippen LogP contribution in [0.25, 0.3) is 0 Å². The number of piperidine rings is 1. The fourth-order valence-electron chi connectivity index (χ4n) is 4.22. The van der Waals surface area contributed by atoms with Crippen molar-refractivity contribution in [1.82, 2.24) is 10.2 Å². The van der Waals surface area contributed by atoms with Crippen molar-refractivity contribution >= 4 is 17.5 Å².